The Bertz CT molecular complexity index is 841. The molecule has 0 saturated heterocycles. The second kappa shape index (κ2) is 6.45. The van der Waals surface area contributed by atoms with E-state index in [2.05, 4.69) is 51.7 Å². The van der Waals surface area contributed by atoms with Crippen molar-refractivity contribution < 1.29 is 4.42 Å². The molecule has 5 nitrogen and oxygen atoms in total. The van der Waals surface area contributed by atoms with Crippen molar-refractivity contribution in [3.63, 3.8) is 0 Å². The molecule has 2 aromatic heterocycles. The topological polar surface area (TPSA) is 55.1 Å². The Labute approximate surface area is 145 Å². The van der Waals surface area contributed by atoms with Crippen LogP contribution in [0.2, 0.25) is 0 Å². The number of aryl methyl sites for hydroxylation is 2. The first-order valence-corrected chi connectivity index (χ1v) is 9.15. The van der Waals surface area contributed by atoms with E-state index in [0.29, 0.717) is 11.8 Å². The van der Waals surface area contributed by atoms with E-state index < -0.39 is 0 Å². The molecule has 24 heavy (non-hydrogen) atoms. The largest absolute Gasteiger partial charge is 0.424 e. The zero-order chi connectivity index (χ0) is 16.5. The van der Waals surface area contributed by atoms with Gasteiger partial charge in [0.2, 0.25) is 11.8 Å². The van der Waals surface area contributed by atoms with E-state index >= 15 is 0 Å². The van der Waals surface area contributed by atoms with Crippen LogP contribution in [0.25, 0.3) is 0 Å². The zero-order valence-corrected chi connectivity index (χ0v) is 14.7. The van der Waals surface area contributed by atoms with Crippen molar-refractivity contribution in [1.82, 2.24) is 20.1 Å². The van der Waals surface area contributed by atoms with Gasteiger partial charge in [-0.2, -0.15) is 0 Å². The lowest BCUT2D eigenvalue weighted by Gasteiger charge is -2.34. The van der Waals surface area contributed by atoms with Crippen molar-refractivity contribution in [2.24, 2.45) is 0 Å². The Kier molecular flexibility index (Phi) is 4.16. The van der Waals surface area contributed by atoms with Crippen molar-refractivity contribution in [2.75, 3.05) is 0 Å². The summed E-state index contributed by atoms with van der Waals surface area (Å²) >= 11 is 1.74. The van der Waals surface area contributed by atoms with Crippen molar-refractivity contribution in [1.29, 1.82) is 0 Å². The minimum atomic E-state index is 0.105. The quantitative estimate of drug-likeness (QED) is 0.725. The van der Waals surface area contributed by atoms with Gasteiger partial charge < -0.3 is 4.42 Å². The SMILES string of the molecule is CCc1nc(CN2Cc3ccccc3C[C@H]2c2nnc(C)o2)cs1. The first-order chi connectivity index (χ1) is 11.7. The summed E-state index contributed by atoms with van der Waals surface area (Å²) in [5, 5.41) is 11.6. The Hall–Kier alpha value is -2.05. The summed E-state index contributed by atoms with van der Waals surface area (Å²) < 4.78 is 5.75. The lowest BCUT2D eigenvalue weighted by Crippen LogP contribution is -2.34. The second-order valence-electron chi connectivity index (χ2n) is 6.14. The van der Waals surface area contributed by atoms with Crippen LogP contribution in [0.1, 0.15) is 46.6 Å². The second-order valence-corrected chi connectivity index (χ2v) is 7.08. The highest BCUT2D eigenvalue weighted by atomic mass is 32.1. The number of fused-ring (bicyclic) bond motifs is 1. The van der Waals surface area contributed by atoms with Gasteiger partial charge >= 0.3 is 0 Å². The van der Waals surface area contributed by atoms with Gasteiger partial charge in [-0.3, -0.25) is 4.90 Å². The molecule has 1 aromatic carbocycles. The highest BCUT2D eigenvalue weighted by Crippen LogP contribution is 2.33. The third-order valence-corrected chi connectivity index (χ3v) is 5.48. The molecule has 0 amide bonds. The van der Waals surface area contributed by atoms with Gasteiger partial charge in [-0.05, 0) is 24.0 Å². The fraction of sp³-hybridized carbons (Fsp3) is 0.389. The maximum atomic E-state index is 5.75. The lowest BCUT2D eigenvalue weighted by molar-refractivity contribution is 0.136. The number of hydrogen-bond acceptors (Lipinski definition) is 6. The van der Waals surface area contributed by atoms with Gasteiger partial charge in [0.05, 0.1) is 16.7 Å². The molecule has 0 N–H and O–H groups in total. The number of nitrogens with zero attached hydrogens (tertiary/aromatic N) is 4. The van der Waals surface area contributed by atoms with Gasteiger partial charge in [-0.25, -0.2) is 4.98 Å². The molecule has 0 saturated carbocycles. The molecule has 0 unspecified atom stereocenters. The fourth-order valence-corrected chi connectivity index (χ4v) is 3.96. The zero-order valence-electron chi connectivity index (χ0n) is 13.9. The maximum absolute atomic E-state index is 5.75. The Morgan fingerprint density at radius 2 is 2.08 bits per heavy atom. The number of benzene rings is 1. The first kappa shape index (κ1) is 15.5. The highest BCUT2D eigenvalue weighted by molar-refractivity contribution is 7.09. The average Bonchev–Trinajstić information content (AvgIpc) is 3.23. The first-order valence-electron chi connectivity index (χ1n) is 8.27. The Balaban J connectivity index is 1.65. The molecular weight excluding hydrogens is 320 g/mol. The van der Waals surface area contributed by atoms with E-state index in [1.165, 1.54) is 16.1 Å². The molecule has 0 spiro atoms. The Morgan fingerprint density at radius 3 is 2.79 bits per heavy atom. The van der Waals surface area contributed by atoms with Crippen LogP contribution in [0.5, 0.6) is 0 Å². The highest BCUT2D eigenvalue weighted by Gasteiger charge is 2.31. The number of aromatic nitrogens is 3. The molecule has 0 bridgehead atoms. The van der Waals surface area contributed by atoms with Gasteiger partial charge in [0.1, 0.15) is 0 Å². The summed E-state index contributed by atoms with van der Waals surface area (Å²) in [5.74, 6) is 1.32. The molecule has 4 rings (SSSR count). The van der Waals surface area contributed by atoms with Crippen LogP contribution in [-0.2, 0) is 25.9 Å². The molecule has 3 aromatic rings. The summed E-state index contributed by atoms with van der Waals surface area (Å²) in [5.41, 5.74) is 3.86. The van der Waals surface area contributed by atoms with Gasteiger partial charge in [0, 0.05) is 25.4 Å². The molecule has 0 aliphatic carbocycles. The molecule has 1 atom stereocenters. The lowest BCUT2D eigenvalue weighted by atomic mass is 9.94. The average molecular weight is 340 g/mol. The third-order valence-electron chi connectivity index (χ3n) is 4.44. The van der Waals surface area contributed by atoms with Crippen LogP contribution in [-0.4, -0.2) is 20.1 Å². The Morgan fingerprint density at radius 1 is 1.25 bits per heavy atom. The monoisotopic (exact) mass is 340 g/mol. The standard InChI is InChI=1S/C18H20N4OS/c1-3-17-19-15(11-24-17)10-22-9-14-7-5-4-6-13(14)8-16(22)18-21-20-12(2)23-18/h4-7,11,16H,3,8-10H2,1-2H3/t16-/m0/s1. The van der Waals surface area contributed by atoms with E-state index in [1.54, 1.807) is 11.3 Å². The van der Waals surface area contributed by atoms with Crippen molar-refractivity contribution in [3.05, 3.63) is 63.3 Å². The predicted molar refractivity (Wildman–Crippen MR) is 92.7 cm³/mol. The number of rotatable bonds is 4. The van der Waals surface area contributed by atoms with Crippen molar-refractivity contribution >= 4 is 11.3 Å². The minimum Gasteiger partial charge on any atom is -0.424 e. The van der Waals surface area contributed by atoms with Crippen molar-refractivity contribution in [2.45, 2.75) is 45.8 Å². The van der Waals surface area contributed by atoms with Crippen LogP contribution in [0.15, 0.2) is 34.1 Å². The predicted octanol–water partition coefficient (Wildman–Crippen LogP) is 3.70. The molecular formula is C18H20N4OS. The molecule has 0 radical (unpaired) electrons. The summed E-state index contributed by atoms with van der Waals surface area (Å²) in [6.07, 6.45) is 1.88. The van der Waals surface area contributed by atoms with E-state index in [-0.39, 0.29) is 6.04 Å². The summed E-state index contributed by atoms with van der Waals surface area (Å²) in [6.45, 7) is 5.66. The fourth-order valence-electron chi connectivity index (χ4n) is 3.23. The molecule has 1 aliphatic rings. The third kappa shape index (κ3) is 2.99. The minimum absolute atomic E-state index is 0.105. The maximum Gasteiger partial charge on any atom is 0.233 e. The van der Waals surface area contributed by atoms with Gasteiger partial charge in [-0.1, -0.05) is 31.2 Å². The van der Waals surface area contributed by atoms with Gasteiger partial charge in [-0.15, -0.1) is 21.5 Å². The molecule has 124 valence electrons. The van der Waals surface area contributed by atoms with Crippen LogP contribution in [0.3, 0.4) is 0 Å². The van der Waals surface area contributed by atoms with E-state index in [4.69, 9.17) is 9.40 Å². The summed E-state index contributed by atoms with van der Waals surface area (Å²) in [4.78, 5) is 7.11. The number of thiazole rings is 1. The van der Waals surface area contributed by atoms with E-state index in [1.807, 2.05) is 6.92 Å². The van der Waals surface area contributed by atoms with E-state index in [9.17, 15) is 0 Å². The molecule has 6 heteroatoms. The van der Waals surface area contributed by atoms with E-state index in [0.717, 1.165) is 31.6 Å². The smallest absolute Gasteiger partial charge is 0.233 e. The summed E-state index contributed by atoms with van der Waals surface area (Å²) in [7, 11) is 0. The van der Waals surface area contributed by atoms with Gasteiger partial charge in [0.15, 0.2) is 0 Å². The van der Waals surface area contributed by atoms with Crippen LogP contribution in [0, 0.1) is 6.92 Å². The normalized spacial score (nSPS) is 17.8. The van der Waals surface area contributed by atoms with Crippen LogP contribution >= 0.6 is 11.3 Å². The van der Waals surface area contributed by atoms with Crippen molar-refractivity contribution in [3.8, 4) is 0 Å². The molecule has 0 fully saturated rings. The molecule has 1 aliphatic heterocycles. The summed E-state index contributed by atoms with van der Waals surface area (Å²) in [6, 6.07) is 8.70. The van der Waals surface area contributed by atoms with Crippen LogP contribution in [0.4, 0.5) is 0 Å². The van der Waals surface area contributed by atoms with Gasteiger partial charge in [0.25, 0.3) is 0 Å². The molecule has 3 heterocycles. The number of hydrogen-bond donors (Lipinski definition) is 0. The van der Waals surface area contributed by atoms with Crippen LogP contribution < -0.4 is 0 Å².